The van der Waals surface area contributed by atoms with Gasteiger partial charge >= 0.3 is 0 Å². The number of aromatic nitrogens is 1. The van der Waals surface area contributed by atoms with E-state index in [0.717, 1.165) is 42.3 Å². The van der Waals surface area contributed by atoms with Gasteiger partial charge in [-0.15, -0.1) is 0 Å². The van der Waals surface area contributed by atoms with Gasteiger partial charge in [0.1, 0.15) is 11.6 Å². The van der Waals surface area contributed by atoms with Crippen LogP contribution in [0.4, 0.5) is 8.78 Å². The fourth-order valence-electron chi connectivity index (χ4n) is 4.18. The average Bonchev–Trinajstić information content (AvgIpc) is 3.23. The molecule has 2 nitrogen and oxygen atoms in total. The Morgan fingerprint density at radius 2 is 1.73 bits per heavy atom. The number of aromatic amines is 1. The van der Waals surface area contributed by atoms with Crippen LogP contribution < -0.4 is 0 Å². The highest BCUT2D eigenvalue weighted by Gasteiger charge is 2.19. The second-order valence-corrected chi connectivity index (χ2v) is 10.1. The van der Waals surface area contributed by atoms with Crippen LogP contribution in [0.15, 0.2) is 65.1 Å². The summed E-state index contributed by atoms with van der Waals surface area (Å²) in [6.45, 7) is 14.3. The summed E-state index contributed by atoms with van der Waals surface area (Å²) >= 11 is 6.06. The van der Waals surface area contributed by atoms with Gasteiger partial charge in [-0.05, 0) is 67.9 Å². The van der Waals surface area contributed by atoms with E-state index in [2.05, 4.69) is 61.9 Å². The number of nitrogens with one attached hydrogen (secondary N) is 1. The molecule has 2 aromatic carbocycles. The van der Waals surface area contributed by atoms with Crippen molar-refractivity contribution in [3.8, 4) is 0 Å². The molecule has 1 unspecified atom stereocenters. The standard InChI is InChI=1S/C23H27ClFN.C9H14FN/c1-5-6-7-18-19-12-20(24)21(25)13-22(19)26-23(18)15(4)17-10-8-16(9-11-17)14(2)3;1-4-6-8(3)11-7-9(10)5-2/h8-15,26H,5-7H2,1-4H3;5-7H,4H2,1-3H3/b;8-6+,9-5+,11-7+. The van der Waals surface area contributed by atoms with Gasteiger partial charge in [0.05, 0.1) is 11.2 Å². The fourth-order valence-corrected chi connectivity index (χ4v) is 4.34. The molecule has 0 aliphatic carbocycles. The maximum Gasteiger partial charge on any atom is 0.143 e. The Morgan fingerprint density at radius 3 is 2.30 bits per heavy atom. The number of aryl methyl sites for hydroxylation is 1. The lowest BCUT2D eigenvalue weighted by molar-refractivity contribution is 0.630. The molecule has 37 heavy (non-hydrogen) atoms. The number of benzene rings is 2. The quantitative estimate of drug-likeness (QED) is 0.268. The Morgan fingerprint density at radius 1 is 1.08 bits per heavy atom. The van der Waals surface area contributed by atoms with Crippen molar-refractivity contribution in [3.05, 3.63) is 93.3 Å². The third-order valence-electron chi connectivity index (χ3n) is 6.46. The molecule has 0 bridgehead atoms. The molecule has 5 heteroatoms. The summed E-state index contributed by atoms with van der Waals surface area (Å²) in [4.78, 5) is 7.36. The highest BCUT2D eigenvalue weighted by atomic mass is 35.5. The van der Waals surface area contributed by atoms with Gasteiger partial charge in [0.25, 0.3) is 0 Å². The number of hydrogen-bond donors (Lipinski definition) is 1. The molecule has 1 heterocycles. The van der Waals surface area contributed by atoms with Gasteiger partial charge in [0, 0.05) is 28.2 Å². The normalized spacial score (nSPS) is 13.4. The minimum Gasteiger partial charge on any atom is -0.358 e. The van der Waals surface area contributed by atoms with Crippen molar-refractivity contribution in [1.82, 2.24) is 4.98 Å². The van der Waals surface area contributed by atoms with E-state index >= 15 is 0 Å². The molecule has 1 N–H and O–H groups in total. The second kappa shape index (κ2) is 14.9. The molecule has 1 aromatic heterocycles. The zero-order valence-electron chi connectivity index (χ0n) is 23.3. The minimum absolute atomic E-state index is 0.190. The van der Waals surface area contributed by atoms with Crippen LogP contribution in [0.1, 0.15) is 102 Å². The number of unbranched alkanes of at least 4 members (excludes halogenated alkanes) is 1. The minimum atomic E-state index is -0.372. The molecule has 0 radical (unpaired) electrons. The number of allylic oxidation sites excluding steroid dienone is 4. The topological polar surface area (TPSA) is 28.1 Å². The van der Waals surface area contributed by atoms with Crippen LogP contribution in [0.2, 0.25) is 5.02 Å². The lowest BCUT2D eigenvalue weighted by Crippen LogP contribution is -2.01. The summed E-state index contributed by atoms with van der Waals surface area (Å²) in [6, 6.07) is 12.1. The number of hydrogen-bond acceptors (Lipinski definition) is 1. The highest BCUT2D eigenvalue weighted by Crippen LogP contribution is 2.35. The lowest BCUT2D eigenvalue weighted by Gasteiger charge is -2.15. The van der Waals surface area contributed by atoms with Gasteiger partial charge in [-0.2, -0.15) is 0 Å². The second-order valence-electron chi connectivity index (χ2n) is 9.66. The molecule has 0 saturated heterocycles. The first-order chi connectivity index (χ1) is 17.6. The van der Waals surface area contributed by atoms with Gasteiger partial charge in [-0.25, -0.2) is 8.78 Å². The molecule has 0 saturated carbocycles. The molecule has 1 atom stereocenters. The van der Waals surface area contributed by atoms with E-state index in [4.69, 9.17) is 11.6 Å². The third-order valence-corrected chi connectivity index (χ3v) is 6.75. The lowest BCUT2D eigenvalue weighted by atomic mass is 9.91. The molecule has 200 valence electrons. The number of halogens is 3. The van der Waals surface area contributed by atoms with Gasteiger partial charge < -0.3 is 4.98 Å². The molecule has 3 rings (SSSR count). The number of H-pyrrole nitrogens is 1. The van der Waals surface area contributed by atoms with Gasteiger partial charge in [-0.3, -0.25) is 4.99 Å². The summed E-state index contributed by atoms with van der Waals surface area (Å²) in [7, 11) is 0. The summed E-state index contributed by atoms with van der Waals surface area (Å²) < 4.78 is 26.4. The molecule has 0 aliphatic rings. The Balaban J connectivity index is 0.000000371. The van der Waals surface area contributed by atoms with Gasteiger partial charge in [0.2, 0.25) is 0 Å². The van der Waals surface area contributed by atoms with E-state index in [-0.39, 0.29) is 22.6 Å². The molecule has 0 spiro atoms. The van der Waals surface area contributed by atoms with Crippen LogP contribution in [0.3, 0.4) is 0 Å². The molecule has 0 aliphatic heterocycles. The monoisotopic (exact) mass is 526 g/mol. The maximum absolute atomic E-state index is 13.9. The number of fused-ring (bicyclic) bond motifs is 1. The van der Waals surface area contributed by atoms with Gasteiger partial charge in [-0.1, -0.05) is 89.1 Å². The van der Waals surface area contributed by atoms with Gasteiger partial charge in [0.15, 0.2) is 0 Å². The predicted octanol–water partition coefficient (Wildman–Crippen LogP) is 10.8. The first kappa shape index (κ1) is 30.5. The van der Waals surface area contributed by atoms with Crippen molar-refractivity contribution in [2.24, 2.45) is 4.99 Å². The Labute approximate surface area is 226 Å². The Kier molecular flexibility index (Phi) is 12.3. The number of nitrogens with zero attached hydrogens (tertiary/aromatic N) is 1. The maximum atomic E-state index is 13.9. The molecule has 0 fully saturated rings. The van der Waals surface area contributed by atoms with Crippen LogP contribution >= 0.6 is 11.6 Å². The van der Waals surface area contributed by atoms with Crippen LogP contribution in [0, 0.1) is 5.82 Å². The van der Waals surface area contributed by atoms with E-state index in [1.807, 2.05) is 19.9 Å². The zero-order valence-corrected chi connectivity index (χ0v) is 24.0. The van der Waals surface area contributed by atoms with Crippen molar-refractivity contribution >= 4 is 28.7 Å². The summed E-state index contributed by atoms with van der Waals surface area (Å²) in [5.74, 6) is 0.0757. The van der Waals surface area contributed by atoms with Crippen molar-refractivity contribution in [1.29, 1.82) is 0 Å². The van der Waals surface area contributed by atoms with Crippen molar-refractivity contribution in [2.75, 3.05) is 0 Å². The first-order valence-corrected chi connectivity index (χ1v) is 13.6. The van der Waals surface area contributed by atoms with E-state index < -0.39 is 0 Å². The number of rotatable bonds is 9. The predicted molar refractivity (Wildman–Crippen MR) is 157 cm³/mol. The van der Waals surface area contributed by atoms with E-state index in [1.165, 1.54) is 40.7 Å². The van der Waals surface area contributed by atoms with E-state index in [9.17, 15) is 8.78 Å². The first-order valence-electron chi connectivity index (χ1n) is 13.2. The Bertz CT molecular complexity index is 1230. The zero-order chi connectivity index (χ0) is 27.5. The summed E-state index contributed by atoms with van der Waals surface area (Å²) in [6.07, 6.45) is 8.68. The largest absolute Gasteiger partial charge is 0.358 e. The highest BCUT2D eigenvalue weighted by molar-refractivity contribution is 6.31. The third kappa shape index (κ3) is 8.67. The molecule has 3 aromatic rings. The summed E-state index contributed by atoms with van der Waals surface area (Å²) in [5, 5.41) is 1.24. The SMILES string of the molecule is CCCCc1c(C(C)c2ccc(C(C)C)cc2)[nH]c2cc(F)c(Cl)cc12.C\C=C(F)/C=N/C(C)=C/CC. The van der Waals surface area contributed by atoms with E-state index in [1.54, 1.807) is 13.0 Å². The van der Waals surface area contributed by atoms with Crippen LogP contribution in [-0.4, -0.2) is 11.2 Å². The van der Waals surface area contributed by atoms with Crippen molar-refractivity contribution < 1.29 is 8.78 Å². The van der Waals surface area contributed by atoms with Crippen LogP contribution in [0.25, 0.3) is 10.9 Å². The van der Waals surface area contributed by atoms with Crippen molar-refractivity contribution in [3.63, 3.8) is 0 Å². The fraction of sp³-hybridized carbons (Fsp3) is 0.406. The molecular formula is C32H41ClF2N2. The Hall–Kier alpha value is -2.72. The smallest absolute Gasteiger partial charge is 0.143 e. The average molecular weight is 527 g/mol. The molecule has 0 amide bonds. The van der Waals surface area contributed by atoms with E-state index in [0.29, 0.717) is 5.92 Å². The molecular weight excluding hydrogens is 486 g/mol. The van der Waals surface area contributed by atoms with Crippen LogP contribution in [0.5, 0.6) is 0 Å². The number of aliphatic imine (C=N–C) groups is 1. The van der Waals surface area contributed by atoms with Crippen LogP contribution in [-0.2, 0) is 6.42 Å². The van der Waals surface area contributed by atoms with Crippen molar-refractivity contribution in [2.45, 2.75) is 86.0 Å². The summed E-state index contributed by atoms with van der Waals surface area (Å²) in [5.41, 5.74) is 6.74.